The van der Waals surface area contributed by atoms with Crippen LogP contribution >= 0.6 is 50.7 Å². The van der Waals surface area contributed by atoms with Crippen LogP contribution in [0.2, 0.25) is 15.1 Å². The molecule has 6 heteroatoms. The molecule has 2 nitrogen and oxygen atoms in total. The highest BCUT2D eigenvalue weighted by Gasteiger charge is 2.16. The van der Waals surface area contributed by atoms with Crippen LogP contribution in [0.4, 0.5) is 0 Å². The van der Waals surface area contributed by atoms with Crippen LogP contribution in [0.25, 0.3) is 22.2 Å². The maximum atomic E-state index is 6.42. The second kappa shape index (κ2) is 7.67. The van der Waals surface area contributed by atoms with E-state index in [1.165, 1.54) is 5.56 Å². The Bertz CT molecular complexity index is 890. The van der Waals surface area contributed by atoms with Gasteiger partial charge in [-0.1, -0.05) is 56.8 Å². The number of halogens is 4. The standard InChI is InChI=1S/C18H16BrCl3N2/c19-11-8-13-12(3-1-2-6-23)17(24-18(13)16(22)9-11)10-4-5-14(20)15(21)7-10/h4-5,7-9,24H,1-3,6,23H2. The summed E-state index contributed by atoms with van der Waals surface area (Å²) in [7, 11) is 0. The molecule has 0 aliphatic rings. The molecule has 0 spiro atoms. The molecule has 1 aromatic heterocycles. The molecular weight excluding hydrogens is 430 g/mol. The van der Waals surface area contributed by atoms with Crippen LogP contribution in [0.15, 0.2) is 34.8 Å². The van der Waals surface area contributed by atoms with Gasteiger partial charge in [-0.2, -0.15) is 0 Å². The molecule has 0 fully saturated rings. The number of rotatable bonds is 5. The SMILES string of the molecule is NCCCCc1c(-c2ccc(Cl)c(Cl)c2)[nH]c2c(Cl)cc(Br)cc12. The Balaban J connectivity index is 2.19. The van der Waals surface area contributed by atoms with E-state index in [-0.39, 0.29) is 0 Å². The highest BCUT2D eigenvalue weighted by atomic mass is 79.9. The van der Waals surface area contributed by atoms with Crippen LogP contribution in [0.5, 0.6) is 0 Å². The first-order valence-electron chi connectivity index (χ1n) is 7.66. The van der Waals surface area contributed by atoms with Crippen LogP contribution in [0.3, 0.4) is 0 Å². The van der Waals surface area contributed by atoms with Gasteiger partial charge in [0.2, 0.25) is 0 Å². The average Bonchev–Trinajstić information content (AvgIpc) is 2.89. The van der Waals surface area contributed by atoms with E-state index in [4.69, 9.17) is 40.5 Å². The predicted octanol–water partition coefficient (Wildman–Crippen LogP) is 6.84. The number of nitrogens with two attached hydrogens (primary N) is 1. The normalized spacial score (nSPS) is 11.4. The summed E-state index contributed by atoms with van der Waals surface area (Å²) in [6, 6.07) is 9.64. The number of aromatic amines is 1. The molecule has 0 aliphatic heterocycles. The van der Waals surface area contributed by atoms with Gasteiger partial charge in [-0.25, -0.2) is 0 Å². The lowest BCUT2D eigenvalue weighted by atomic mass is 10.0. The molecule has 0 radical (unpaired) electrons. The quantitative estimate of drug-likeness (QED) is 0.414. The molecule has 0 unspecified atom stereocenters. The number of H-pyrrole nitrogens is 1. The average molecular weight is 447 g/mol. The summed E-state index contributed by atoms with van der Waals surface area (Å²) in [5.41, 5.74) is 9.83. The van der Waals surface area contributed by atoms with Crippen molar-refractivity contribution in [1.82, 2.24) is 4.98 Å². The topological polar surface area (TPSA) is 41.8 Å². The smallest absolute Gasteiger partial charge is 0.0658 e. The number of benzene rings is 2. The number of aromatic nitrogens is 1. The number of hydrogen-bond donors (Lipinski definition) is 2. The van der Waals surface area contributed by atoms with Gasteiger partial charge < -0.3 is 10.7 Å². The zero-order valence-electron chi connectivity index (χ0n) is 12.8. The fraction of sp³-hybridized carbons (Fsp3) is 0.222. The molecule has 3 aromatic rings. The monoisotopic (exact) mass is 444 g/mol. The highest BCUT2D eigenvalue weighted by molar-refractivity contribution is 9.10. The van der Waals surface area contributed by atoms with E-state index >= 15 is 0 Å². The zero-order valence-corrected chi connectivity index (χ0v) is 16.7. The van der Waals surface area contributed by atoms with E-state index in [0.29, 0.717) is 21.6 Å². The van der Waals surface area contributed by atoms with Crippen LogP contribution in [-0.4, -0.2) is 11.5 Å². The van der Waals surface area contributed by atoms with Crippen molar-refractivity contribution in [2.75, 3.05) is 6.54 Å². The van der Waals surface area contributed by atoms with E-state index in [0.717, 1.165) is 45.9 Å². The highest BCUT2D eigenvalue weighted by Crippen LogP contribution is 2.38. The summed E-state index contributed by atoms with van der Waals surface area (Å²) in [5, 5.41) is 2.88. The summed E-state index contributed by atoms with van der Waals surface area (Å²) in [6.45, 7) is 0.689. The van der Waals surface area contributed by atoms with Crippen molar-refractivity contribution in [2.45, 2.75) is 19.3 Å². The number of nitrogens with one attached hydrogen (secondary N) is 1. The molecule has 0 atom stereocenters. The van der Waals surface area contributed by atoms with Gasteiger partial charge in [-0.15, -0.1) is 0 Å². The number of unbranched alkanes of at least 4 members (excludes halogenated alkanes) is 1. The van der Waals surface area contributed by atoms with Gasteiger partial charge in [0.05, 0.1) is 20.6 Å². The lowest BCUT2D eigenvalue weighted by Crippen LogP contribution is -1.99. The van der Waals surface area contributed by atoms with E-state index in [9.17, 15) is 0 Å². The molecule has 0 bridgehead atoms. The van der Waals surface area contributed by atoms with Crippen molar-refractivity contribution in [1.29, 1.82) is 0 Å². The molecule has 126 valence electrons. The van der Waals surface area contributed by atoms with Crippen molar-refractivity contribution in [2.24, 2.45) is 5.73 Å². The van der Waals surface area contributed by atoms with Gasteiger partial charge in [0, 0.05) is 15.6 Å². The van der Waals surface area contributed by atoms with Gasteiger partial charge >= 0.3 is 0 Å². The summed E-state index contributed by atoms with van der Waals surface area (Å²) in [5.74, 6) is 0. The Morgan fingerprint density at radius 1 is 0.958 bits per heavy atom. The molecule has 2 aromatic carbocycles. The molecule has 3 N–H and O–H groups in total. The zero-order chi connectivity index (χ0) is 17.3. The van der Waals surface area contributed by atoms with Crippen molar-refractivity contribution in [3.63, 3.8) is 0 Å². The third-order valence-electron chi connectivity index (χ3n) is 4.02. The summed E-state index contributed by atoms with van der Waals surface area (Å²) in [4.78, 5) is 3.46. The first-order valence-corrected chi connectivity index (χ1v) is 9.59. The first kappa shape index (κ1) is 18.1. The van der Waals surface area contributed by atoms with Crippen LogP contribution in [0, 0.1) is 0 Å². The Morgan fingerprint density at radius 2 is 1.75 bits per heavy atom. The lowest BCUT2D eigenvalue weighted by Gasteiger charge is -2.07. The summed E-state index contributed by atoms with van der Waals surface area (Å²) >= 11 is 22.2. The van der Waals surface area contributed by atoms with Crippen molar-refractivity contribution >= 4 is 61.6 Å². The first-order chi connectivity index (χ1) is 11.5. The van der Waals surface area contributed by atoms with Gasteiger partial charge in [-0.3, -0.25) is 0 Å². The maximum Gasteiger partial charge on any atom is 0.0658 e. The van der Waals surface area contributed by atoms with Gasteiger partial charge in [0.15, 0.2) is 0 Å². The molecule has 0 saturated carbocycles. The van der Waals surface area contributed by atoms with Gasteiger partial charge in [0.1, 0.15) is 0 Å². The minimum absolute atomic E-state index is 0.535. The van der Waals surface area contributed by atoms with E-state index in [2.05, 4.69) is 27.0 Å². The van der Waals surface area contributed by atoms with Gasteiger partial charge in [-0.05, 0) is 61.2 Å². The lowest BCUT2D eigenvalue weighted by molar-refractivity contribution is 0.748. The van der Waals surface area contributed by atoms with Crippen molar-refractivity contribution < 1.29 is 0 Å². The van der Waals surface area contributed by atoms with Gasteiger partial charge in [0.25, 0.3) is 0 Å². The van der Waals surface area contributed by atoms with Crippen molar-refractivity contribution in [3.05, 3.63) is 55.4 Å². The third kappa shape index (κ3) is 3.61. The molecule has 24 heavy (non-hydrogen) atoms. The minimum atomic E-state index is 0.535. The molecule has 0 amide bonds. The van der Waals surface area contributed by atoms with E-state index in [1.54, 1.807) is 0 Å². The van der Waals surface area contributed by atoms with Crippen LogP contribution in [-0.2, 0) is 6.42 Å². The number of fused-ring (bicyclic) bond motifs is 1. The Kier molecular flexibility index (Phi) is 5.78. The summed E-state index contributed by atoms with van der Waals surface area (Å²) in [6.07, 6.45) is 2.91. The number of hydrogen-bond acceptors (Lipinski definition) is 1. The Morgan fingerprint density at radius 3 is 2.46 bits per heavy atom. The largest absolute Gasteiger partial charge is 0.353 e. The second-order valence-electron chi connectivity index (χ2n) is 5.66. The van der Waals surface area contributed by atoms with Crippen LogP contribution in [0.1, 0.15) is 18.4 Å². The third-order valence-corrected chi connectivity index (χ3v) is 5.52. The van der Waals surface area contributed by atoms with Crippen LogP contribution < -0.4 is 5.73 Å². The predicted molar refractivity (Wildman–Crippen MR) is 108 cm³/mol. The fourth-order valence-corrected chi connectivity index (χ4v) is 4.03. The maximum absolute atomic E-state index is 6.42. The van der Waals surface area contributed by atoms with E-state index < -0.39 is 0 Å². The summed E-state index contributed by atoms with van der Waals surface area (Å²) < 4.78 is 0.958. The molecule has 3 rings (SSSR count). The Labute approximate surface area is 164 Å². The molecule has 0 saturated heterocycles. The number of aryl methyl sites for hydroxylation is 1. The Hall–Kier alpha value is -0.710. The molecule has 0 aliphatic carbocycles. The fourth-order valence-electron chi connectivity index (χ4n) is 2.88. The molecule has 1 heterocycles. The second-order valence-corrected chi connectivity index (χ2v) is 7.80. The molecular formula is C18H16BrCl3N2. The van der Waals surface area contributed by atoms with Crippen molar-refractivity contribution in [3.8, 4) is 11.3 Å². The van der Waals surface area contributed by atoms with E-state index in [1.807, 2.05) is 24.3 Å². The minimum Gasteiger partial charge on any atom is -0.353 e.